The smallest absolute Gasteiger partial charge is 0.292 e. The van der Waals surface area contributed by atoms with Crippen LogP contribution in [0.2, 0.25) is 5.02 Å². The summed E-state index contributed by atoms with van der Waals surface area (Å²) in [5.41, 5.74) is 2.56. The van der Waals surface area contributed by atoms with Gasteiger partial charge in [0.25, 0.3) is 11.7 Å². The van der Waals surface area contributed by atoms with Crippen molar-refractivity contribution in [2.75, 3.05) is 31.3 Å². The van der Waals surface area contributed by atoms with Crippen molar-refractivity contribution in [2.24, 2.45) is 0 Å². The van der Waals surface area contributed by atoms with Gasteiger partial charge < -0.3 is 19.1 Å². The van der Waals surface area contributed by atoms with Crippen molar-refractivity contribution in [3.63, 3.8) is 0 Å². The second-order valence-corrected chi connectivity index (χ2v) is 6.89. The highest BCUT2D eigenvalue weighted by atomic mass is 35.5. The number of hydrogen-bond acceptors (Lipinski definition) is 4. The standard InChI is InChI=1S/C20H20ClNO4/c1-14-4-2-5-16(12-14)24-11-8-22-18-7-6-15(21)13-17(18)20(19(22)23)25-9-3-10-26-20/h2,4-7,12-13H,3,8-11H2,1H3. The molecule has 0 N–H and O–H groups in total. The number of halogens is 1. The van der Waals surface area contributed by atoms with Crippen LogP contribution in [0.25, 0.3) is 0 Å². The van der Waals surface area contributed by atoms with E-state index >= 15 is 0 Å². The van der Waals surface area contributed by atoms with Crippen molar-refractivity contribution in [3.8, 4) is 5.75 Å². The molecule has 0 aromatic heterocycles. The Kier molecular flexibility index (Phi) is 4.61. The van der Waals surface area contributed by atoms with Crippen molar-refractivity contribution >= 4 is 23.2 Å². The van der Waals surface area contributed by atoms with E-state index in [-0.39, 0.29) is 5.91 Å². The van der Waals surface area contributed by atoms with E-state index in [1.807, 2.05) is 37.3 Å². The summed E-state index contributed by atoms with van der Waals surface area (Å²) in [7, 11) is 0. The maximum Gasteiger partial charge on any atom is 0.292 e. The molecular weight excluding hydrogens is 354 g/mol. The molecule has 2 aliphatic rings. The minimum Gasteiger partial charge on any atom is -0.492 e. The van der Waals surface area contributed by atoms with Gasteiger partial charge in [-0.05, 0) is 49.2 Å². The Labute approximate surface area is 157 Å². The molecule has 2 aromatic rings. The van der Waals surface area contributed by atoms with E-state index in [1.54, 1.807) is 17.0 Å². The van der Waals surface area contributed by atoms with Gasteiger partial charge >= 0.3 is 0 Å². The monoisotopic (exact) mass is 373 g/mol. The van der Waals surface area contributed by atoms with Crippen molar-refractivity contribution in [3.05, 3.63) is 58.6 Å². The summed E-state index contributed by atoms with van der Waals surface area (Å²) in [4.78, 5) is 14.8. The molecule has 1 spiro atoms. The van der Waals surface area contributed by atoms with Gasteiger partial charge in [0.05, 0.1) is 25.4 Å². The maximum atomic E-state index is 13.1. The molecule has 6 heteroatoms. The number of anilines is 1. The number of amides is 1. The van der Waals surface area contributed by atoms with Gasteiger partial charge in [0.1, 0.15) is 12.4 Å². The maximum absolute atomic E-state index is 13.1. The molecule has 0 saturated carbocycles. The molecule has 0 bridgehead atoms. The number of ether oxygens (including phenoxy) is 3. The second-order valence-electron chi connectivity index (χ2n) is 6.45. The van der Waals surface area contributed by atoms with E-state index in [4.69, 9.17) is 25.8 Å². The lowest BCUT2D eigenvalue weighted by Crippen LogP contribution is -2.48. The molecule has 5 nitrogen and oxygen atoms in total. The number of hydrogen-bond donors (Lipinski definition) is 0. The average molecular weight is 374 g/mol. The third-order valence-corrected chi connectivity index (χ3v) is 4.84. The molecular formula is C20H20ClNO4. The summed E-state index contributed by atoms with van der Waals surface area (Å²) in [6.07, 6.45) is 0.765. The zero-order valence-electron chi connectivity index (χ0n) is 14.5. The van der Waals surface area contributed by atoms with Crippen molar-refractivity contribution < 1.29 is 19.0 Å². The zero-order valence-corrected chi connectivity index (χ0v) is 15.3. The molecule has 136 valence electrons. The van der Waals surface area contributed by atoms with Gasteiger partial charge in [0.15, 0.2) is 0 Å². The summed E-state index contributed by atoms with van der Waals surface area (Å²) < 4.78 is 17.4. The highest BCUT2D eigenvalue weighted by Crippen LogP contribution is 2.46. The minimum atomic E-state index is -1.37. The highest BCUT2D eigenvalue weighted by molar-refractivity contribution is 6.31. The number of carbonyl (C=O) groups is 1. The summed E-state index contributed by atoms with van der Waals surface area (Å²) in [5.74, 6) is -0.808. The highest BCUT2D eigenvalue weighted by Gasteiger charge is 2.54. The zero-order chi connectivity index (χ0) is 18.1. The fourth-order valence-corrected chi connectivity index (χ4v) is 3.57. The van der Waals surface area contributed by atoms with Gasteiger partial charge in [0, 0.05) is 10.6 Å². The van der Waals surface area contributed by atoms with E-state index in [2.05, 4.69) is 0 Å². The Bertz CT molecular complexity index is 832. The quantitative estimate of drug-likeness (QED) is 0.820. The fraction of sp³-hybridized carbons (Fsp3) is 0.350. The number of aryl methyl sites for hydroxylation is 1. The Balaban J connectivity index is 1.56. The number of fused-ring (bicyclic) bond motifs is 2. The topological polar surface area (TPSA) is 48.0 Å². The lowest BCUT2D eigenvalue weighted by atomic mass is 10.1. The molecule has 0 unspecified atom stereocenters. The van der Waals surface area contributed by atoms with E-state index in [1.165, 1.54) is 0 Å². The largest absolute Gasteiger partial charge is 0.492 e. The number of rotatable bonds is 4. The van der Waals surface area contributed by atoms with Crippen LogP contribution >= 0.6 is 11.6 Å². The minimum absolute atomic E-state index is 0.220. The molecule has 1 amide bonds. The number of benzene rings is 2. The van der Waals surface area contributed by atoms with Crippen molar-refractivity contribution in [2.45, 2.75) is 19.1 Å². The van der Waals surface area contributed by atoms with Gasteiger partial charge in [0.2, 0.25) is 0 Å². The van der Waals surface area contributed by atoms with E-state index in [9.17, 15) is 4.79 Å². The third kappa shape index (κ3) is 2.96. The van der Waals surface area contributed by atoms with Crippen LogP contribution in [0.3, 0.4) is 0 Å². The average Bonchev–Trinajstić information content (AvgIpc) is 2.85. The summed E-state index contributed by atoms with van der Waals surface area (Å²) >= 11 is 6.15. The molecule has 4 rings (SSSR count). The SMILES string of the molecule is Cc1cccc(OCCN2C(=O)C3(OCCCO3)c3cc(Cl)ccc32)c1. The van der Waals surface area contributed by atoms with E-state index in [0.29, 0.717) is 37.0 Å². The molecule has 2 heterocycles. The van der Waals surface area contributed by atoms with Gasteiger partial charge in [-0.2, -0.15) is 0 Å². The van der Waals surface area contributed by atoms with E-state index < -0.39 is 5.79 Å². The lowest BCUT2D eigenvalue weighted by molar-refractivity contribution is -0.256. The normalized spacial score (nSPS) is 18.2. The summed E-state index contributed by atoms with van der Waals surface area (Å²) in [6, 6.07) is 13.2. The molecule has 1 fully saturated rings. The predicted octanol–water partition coefficient (Wildman–Crippen LogP) is 3.66. The Morgan fingerprint density at radius 3 is 2.77 bits per heavy atom. The van der Waals surface area contributed by atoms with Crippen LogP contribution in [0.15, 0.2) is 42.5 Å². The molecule has 0 aliphatic carbocycles. The van der Waals surface area contributed by atoms with Gasteiger partial charge in [-0.15, -0.1) is 0 Å². The van der Waals surface area contributed by atoms with Crippen LogP contribution in [0.4, 0.5) is 5.69 Å². The second kappa shape index (κ2) is 6.91. The van der Waals surface area contributed by atoms with Crippen LogP contribution in [0.1, 0.15) is 17.5 Å². The molecule has 26 heavy (non-hydrogen) atoms. The fourth-order valence-electron chi connectivity index (χ4n) is 3.40. The van der Waals surface area contributed by atoms with Crippen molar-refractivity contribution in [1.29, 1.82) is 0 Å². The van der Waals surface area contributed by atoms with Crippen LogP contribution < -0.4 is 9.64 Å². The summed E-state index contributed by atoms with van der Waals surface area (Å²) in [6.45, 7) is 3.73. The van der Waals surface area contributed by atoms with Crippen LogP contribution in [-0.4, -0.2) is 32.3 Å². The van der Waals surface area contributed by atoms with Crippen molar-refractivity contribution in [1.82, 2.24) is 0 Å². The van der Waals surface area contributed by atoms with Crippen LogP contribution in [-0.2, 0) is 20.1 Å². The first-order valence-electron chi connectivity index (χ1n) is 8.69. The van der Waals surface area contributed by atoms with Crippen LogP contribution in [0, 0.1) is 6.92 Å². The molecule has 0 radical (unpaired) electrons. The number of nitrogens with zero attached hydrogens (tertiary/aromatic N) is 1. The first-order valence-corrected chi connectivity index (χ1v) is 9.07. The number of carbonyl (C=O) groups excluding carboxylic acids is 1. The summed E-state index contributed by atoms with van der Waals surface area (Å²) in [5, 5.41) is 0.548. The Morgan fingerprint density at radius 2 is 2.00 bits per heavy atom. The Hall–Kier alpha value is -2.08. The molecule has 0 atom stereocenters. The van der Waals surface area contributed by atoms with E-state index in [0.717, 1.165) is 23.4 Å². The van der Waals surface area contributed by atoms with Gasteiger partial charge in [-0.1, -0.05) is 23.7 Å². The predicted molar refractivity (Wildman–Crippen MR) is 98.7 cm³/mol. The first-order chi connectivity index (χ1) is 12.6. The molecule has 1 saturated heterocycles. The van der Waals surface area contributed by atoms with Gasteiger partial charge in [-0.3, -0.25) is 4.79 Å². The Morgan fingerprint density at radius 1 is 1.19 bits per heavy atom. The van der Waals surface area contributed by atoms with Crippen LogP contribution in [0.5, 0.6) is 5.75 Å². The van der Waals surface area contributed by atoms with Gasteiger partial charge in [-0.25, -0.2) is 0 Å². The molecule has 2 aromatic carbocycles. The lowest BCUT2D eigenvalue weighted by Gasteiger charge is -2.32. The molecule has 2 aliphatic heterocycles. The first kappa shape index (κ1) is 17.3. The third-order valence-electron chi connectivity index (χ3n) is 4.60.